The van der Waals surface area contributed by atoms with Crippen LogP contribution in [0.4, 0.5) is 0 Å². The van der Waals surface area contributed by atoms with Crippen LogP contribution in [0.15, 0.2) is 114 Å². The molecule has 2 aromatic heterocycles. The highest BCUT2D eigenvalue weighted by Gasteiger charge is 2.39. The van der Waals surface area contributed by atoms with Crippen LogP contribution >= 0.6 is 11.6 Å². The fraction of sp³-hybridized carbons (Fsp3) is 0.403. The largest absolute Gasteiger partial charge is 0.508 e. The average Bonchev–Trinajstić information content (AvgIpc) is 3.28. The van der Waals surface area contributed by atoms with E-state index in [1.54, 1.807) is 43.6 Å². The number of H-pyrrole nitrogens is 2. The minimum atomic E-state index is -1.67. The number of halogens is 1. The summed E-state index contributed by atoms with van der Waals surface area (Å²) in [7, 11) is 0. The predicted molar refractivity (Wildman–Crippen MR) is 327 cm³/mol. The predicted octanol–water partition coefficient (Wildman–Crippen LogP) is 2.80. The van der Waals surface area contributed by atoms with Crippen molar-refractivity contribution in [2.45, 2.75) is 127 Å². The Morgan fingerprint density at radius 1 is 0.663 bits per heavy atom. The number of likely N-dealkylation sites (N-methyl/N-ethyl adjacent to an activating group) is 1. The number of carbonyl (C=O) groups excluding carboxylic acids is 8. The van der Waals surface area contributed by atoms with Crippen molar-refractivity contribution in [2.24, 2.45) is 22.4 Å². The molecule has 1 unspecified atom stereocenters. The number of nitrogens with two attached hydrogens (primary N) is 2. The zero-order valence-corrected chi connectivity index (χ0v) is 49.3. The van der Waals surface area contributed by atoms with E-state index in [0.717, 1.165) is 27.4 Å². The third-order valence-corrected chi connectivity index (χ3v) is 15.2. The molecule has 86 heavy (non-hydrogen) atoms. The Bertz CT molecular complexity index is 3340. The second kappa shape index (κ2) is 31.3. The molecule has 1 fully saturated rings. The van der Waals surface area contributed by atoms with Crippen LogP contribution in [0.25, 0.3) is 21.8 Å². The molecule has 6 aromatic rings. The number of phenolic OH excluding ortho intramolecular Hbond substituents is 1. The molecule has 7 rings (SSSR count). The van der Waals surface area contributed by atoms with Gasteiger partial charge in [0.15, 0.2) is 5.96 Å². The Balaban J connectivity index is 1.14. The number of benzene rings is 4. The van der Waals surface area contributed by atoms with Crippen LogP contribution in [0.1, 0.15) is 81.5 Å². The number of aliphatic hydroxyl groups excluding tert-OH is 1. The highest BCUT2D eigenvalue weighted by molar-refractivity contribution is 6.30. The average molecular weight is 1200 g/mol. The van der Waals surface area contributed by atoms with Crippen molar-refractivity contribution in [3.8, 4) is 5.75 Å². The number of para-hydroxylation sites is 2. The first-order chi connectivity index (χ1) is 41.3. The Kier molecular flexibility index (Phi) is 23.5. The zero-order chi connectivity index (χ0) is 61.9. The normalized spacial score (nSPS) is 15.1. The summed E-state index contributed by atoms with van der Waals surface area (Å²) in [5.74, 6) is -5.82. The van der Waals surface area contributed by atoms with Gasteiger partial charge in [0.25, 0.3) is 0 Å². The Morgan fingerprint density at radius 3 is 1.74 bits per heavy atom. The highest BCUT2D eigenvalue weighted by Crippen LogP contribution is 2.24. The number of guanidine groups is 1. The number of aromatic hydroxyl groups is 1. The van der Waals surface area contributed by atoms with Crippen molar-refractivity contribution < 1.29 is 48.6 Å². The number of nitrogens with zero attached hydrogens (tertiary/aromatic N) is 2. The Morgan fingerprint density at radius 2 is 1.17 bits per heavy atom. The third-order valence-electron chi connectivity index (χ3n) is 15.0. The fourth-order valence-electron chi connectivity index (χ4n) is 10.5. The van der Waals surface area contributed by atoms with E-state index in [1.807, 2.05) is 62.4 Å². The van der Waals surface area contributed by atoms with Crippen LogP contribution in [-0.2, 0) is 64.0 Å². The molecule has 0 bridgehead atoms. The van der Waals surface area contributed by atoms with Crippen molar-refractivity contribution in [3.63, 3.8) is 0 Å². The van der Waals surface area contributed by atoms with Crippen molar-refractivity contribution in [2.75, 3.05) is 26.2 Å². The number of aliphatic hydroxyl groups is 1. The molecule has 15 N–H and O–H groups in total. The molecular formula is C62H78ClN13O10. The van der Waals surface area contributed by atoms with Crippen molar-refractivity contribution in [1.82, 2.24) is 52.1 Å². The number of amides is 8. The number of hydrogen-bond donors (Lipinski definition) is 13. The molecule has 0 aliphatic carbocycles. The second-order valence-electron chi connectivity index (χ2n) is 21.9. The summed E-state index contributed by atoms with van der Waals surface area (Å²) in [5, 5.41) is 42.4. The summed E-state index contributed by atoms with van der Waals surface area (Å²) >= 11 is 6.07. The number of aryl methyl sites for hydroxylation is 1. The lowest BCUT2D eigenvalue weighted by Gasteiger charge is -2.30. The minimum Gasteiger partial charge on any atom is -0.508 e. The molecule has 1 aliphatic heterocycles. The fourth-order valence-corrected chi connectivity index (χ4v) is 10.7. The summed E-state index contributed by atoms with van der Waals surface area (Å²) in [6.45, 7) is 5.32. The van der Waals surface area contributed by atoms with Gasteiger partial charge in [-0.05, 0) is 110 Å². The van der Waals surface area contributed by atoms with E-state index in [0.29, 0.717) is 47.5 Å². The molecule has 4 aromatic carbocycles. The zero-order valence-electron chi connectivity index (χ0n) is 48.5. The van der Waals surface area contributed by atoms with Crippen molar-refractivity contribution in [1.29, 1.82) is 0 Å². The van der Waals surface area contributed by atoms with Crippen LogP contribution in [0.2, 0.25) is 5.02 Å². The van der Waals surface area contributed by atoms with Gasteiger partial charge in [-0.3, -0.25) is 43.3 Å². The molecule has 8 amide bonds. The van der Waals surface area contributed by atoms with Gasteiger partial charge < -0.3 is 73.8 Å². The molecule has 458 valence electrons. The molecular weight excluding hydrogens is 1120 g/mol. The molecule has 1 saturated heterocycles. The molecule has 0 radical (unpaired) electrons. The maximum atomic E-state index is 15.0. The van der Waals surface area contributed by atoms with Gasteiger partial charge in [-0.1, -0.05) is 86.1 Å². The van der Waals surface area contributed by atoms with Gasteiger partial charge in [0.1, 0.15) is 48.0 Å². The molecule has 1 aliphatic rings. The number of nitrogens with one attached hydrogen (secondary N) is 9. The first-order valence-electron chi connectivity index (χ1n) is 29.0. The maximum absolute atomic E-state index is 15.0. The first kappa shape index (κ1) is 64.6. The minimum absolute atomic E-state index is 0.00714. The highest BCUT2D eigenvalue weighted by atomic mass is 35.5. The molecule has 0 saturated carbocycles. The number of carbonyl (C=O) groups is 8. The number of phenols is 1. The monoisotopic (exact) mass is 1200 g/mol. The van der Waals surface area contributed by atoms with Gasteiger partial charge in [0.2, 0.25) is 47.3 Å². The lowest BCUT2D eigenvalue weighted by molar-refractivity contribution is -0.142. The molecule has 3 heterocycles. The number of aromatic nitrogens is 2. The van der Waals surface area contributed by atoms with Crippen LogP contribution < -0.4 is 48.7 Å². The smallest absolute Gasteiger partial charge is 0.245 e. The van der Waals surface area contributed by atoms with E-state index in [-0.39, 0.29) is 81.6 Å². The molecule has 0 spiro atoms. The number of aromatic amines is 2. The Hall–Kier alpha value is -8.96. The van der Waals surface area contributed by atoms with E-state index in [9.17, 15) is 48.6 Å². The lowest BCUT2D eigenvalue weighted by atomic mass is 9.99. The standard InChI is InChI=1S/C62H78ClN13O10/c1-4-66-60(85)53-16-10-28-76(53)61(86)47(15-9-27-67-62(64)65)71-55(80)48(29-36(2)3)72-58(83)51(32-40-34-69-46-14-8-6-12-44(40)46)74-56(81)49(30-38-19-24-42(78)25-20-38)73-59(84)52(35-77)75-57(82)50(31-39-33-68-45-13-7-5-11-43(39)45)70-54(79)26-21-37-17-22-41(63)23-18-37/h5-8,11-14,17-20,22-25,33-34,36,47-53,68-69,77-78H,4,9-10,15-16,21,26-32,35H2,1-3H3,(H,66,85)(H,70,79)(H,71,80)(H,72,83)(H,73,84)(H,74,81)(H,75,82)(H4,64,65,67)/t47-,48-,49-,50?,51+,52-,53+/m0/s1. The second-order valence-corrected chi connectivity index (χ2v) is 22.3. The van der Waals surface area contributed by atoms with E-state index < -0.39 is 90.3 Å². The van der Waals surface area contributed by atoms with Crippen molar-refractivity contribution >= 4 is 86.6 Å². The number of likely N-dealkylation sites (tertiary alicyclic amines) is 1. The number of hydrogen-bond acceptors (Lipinski definition) is 11. The van der Waals surface area contributed by atoms with Crippen LogP contribution in [0.5, 0.6) is 5.75 Å². The van der Waals surface area contributed by atoms with Crippen LogP contribution in [0.3, 0.4) is 0 Å². The van der Waals surface area contributed by atoms with Gasteiger partial charge in [0.05, 0.1) is 6.61 Å². The summed E-state index contributed by atoms with van der Waals surface area (Å²) < 4.78 is 0. The van der Waals surface area contributed by atoms with Gasteiger partial charge in [-0.15, -0.1) is 0 Å². The maximum Gasteiger partial charge on any atom is 0.245 e. The molecule has 23 nitrogen and oxygen atoms in total. The first-order valence-corrected chi connectivity index (χ1v) is 29.4. The van der Waals surface area contributed by atoms with Gasteiger partial charge in [-0.2, -0.15) is 0 Å². The van der Waals surface area contributed by atoms with E-state index in [4.69, 9.17) is 23.1 Å². The summed E-state index contributed by atoms with van der Waals surface area (Å²) in [6, 6.07) is 18.6. The van der Waals surface area contributed by atoms with Crippen molar-refractivity contribution in [3.05, 3.63) is 137 Å². The topological polar surface area (TPSA) is 360 Å². The number of rotatable bonds is 30. The summed E-state index contributed by atoms with van der Waals surface area (Å²) in [6.07, 6.45) is 4.86. The van der Waals surface area contributed by atoms with Gasteiger partial charge in [-0.25, -0.2) is 0 Å². The van der Waals surface area contributed by atoms with E-state index in [2.05, 4.69) is 52.2 Å². The van der Waals surface area contributed by atoms with E-state index >= 15 is 0 Å². The van der Waals surface area contributed by atoms with Gasteiger partial charge in [0, 0.05) is 84.5 Å². The molecule has 24 heteroatoms. The van der Waals surface area contributed by atoms with E-state index in [1.165, 1.54) is 29.2 Å². The number of aliphatic imine (C=N–C) groups is 1. The van der Waals surface area contributed by atoms with Crippen LogP contribution in [0, 0.1) is 5.92 Å². The summed E-state index contributed by atoms with van der Waals surface area (Å²) in [4.78, 5) is 126. The SMILES string of the molecule is CCNC(=O)[C@H]1CCCN1C(=O)[C@H](CCCN=C(N)N)NC(=O)[C@H](CC(C)C)NC(=O)[C@@H](Cc1c[nH]c2ccccc12)NC(=O)[C@H](Cc1ccc(O)cc1)NC(=O)[C@H](CO)NC(=O)C(Cc1c[nH]c2ccccc12)NC(=O)CCc1ccc(Cl)cc1. The number of fused-ring (bicyclic) bond motifs is 2. The lowest BCUT2D eigenvalue weighted by Crippen LogP contribution is -2.61. The summed E-state index contributed by atoms with van der Waals surface area (Å²) in [5.41, 5.74) is 15.3. The van der Waals surface area contributed by atoms with Crippen LogP contribution in [-0.4, -0.2) is 147 Å². The Labute approximate surface area is 503 Å². The van der Waals surface area contributed by atoms with Gasteiger partial charge >= 0.3 is 0 Å². The third kappa shape index (κ3) is 18.3. The molecule has 7 atom stereocenters. The quantitative estimate of drug-likeness (QED) is 0.0176.